The summed E-state index contributed by atoms with van der Waals surface area (Å²) in [7, 11) is -3.66. The number of rotatable bonds is 3. The van der Waals surface area contributed by atoms with Crippen LogP contribution in [-0.4, -0.2) is 13.6 Å². The van der Waals surface area contributed by atoms with Crippen LogP contribution in [-0.2, 0) is 10.0 Å². The van der Waals surface area contributed by atoms with E-state index in [1.165, 1.54) is 6.20 Å². The van der Waals surface area contributed by atoms with E-state index in [1.54, 1.807) is 19.1 Å². The van der Waals surface area contributed by atoms with Crippen LogP contribution in [0.1, 0.15) is 11.3 Å². The number of halogens is 1. The summed E-state index contributed by atoms with van der Waals surface area (Å²) < 4.78 is 32.2. The first-order chi connectivity index (χ1) is 8.40. The van der Waals surface area contributed by atoms with Crippen LogP contribution in [0.4, 0.5) is 5.69 Å². The van der Waals surface area contributed by atoms with Gasteiger partial charge < -0.3 is 4.52 Å². The zero-order valence-electron chi connectivity index (χ0n) is 9.77. The average molecular weight is 331 g/mol. The molecule has 96 valence electrons. The van der Waals surface area contributed by atoms with Crippen molar-refractivity contribution in [3.8, 4) is 0 Å². The first-order valence-electron chi connectivity index (χ1n) is 5.10. The molecule has 0 atom stereocenters. The van der Waals surface area contributed by atoms with Crippen LogP contribution in [0.25, 0.3) is 0 Å². The fourth-order valence-electron chi connectivity index (χ4n) is 1.41. The highest BCUT2D eigenvalue weighted by Gasteiger charge is 2.19. The zero-order valence-corrected chi connectivity index (χ0v) is 12.2. The van der Waals surface area contributed by atoms with E-state index in [2.05, 4.69) is 25.8 Å². The minimum Gasteiger partial charge on any atom is -0.359 e. The summed E-state index contributed by atoms with van der Waals surface area (Å²) in [5.41, 5.74) is 1.20. The fourth-order valence-corrected chi connectivity index (χ4v) is 3.56. The topological polar surface area (TPSA) is 72.2 Å². The number of sulfonamides is 1. The SMILES string of the molecule is Cc1ccc(Br)c(S(=O)(=O)Nc2cnoc2C)c1. The normalized spacial score (nSPS) is 11.5. The molecule has 0 saturated carbocycles. The Labute approximate surface area is 113 Å². The zero-order chi connectivity index (χ0) is 13.3. The summed E-state index contributed by atoms with van der Waals surface area (Å²) in [6, 6.07) is 5.12. The molecule has 1 aromatic carbocycles. The lowest BCUT2D eigenvalue weighted by molar-refractivity contribution is 0.398. The molecule has 0 aliphatic rings. The Morgan fingerprint density at radius 3 is 2.67 bits per heavy atom. The standard InChI is InChI=1S/C11H11BrN2O3S/c1-7-3-4-9(12)11(5-7)18(15,16)14-10-6-13-17-8(10)2/h3-6,14H,1-2H3. The number of nitrogens with zero attached hydrogens (tertiary/aromatic N) is 1. The molecule has 7 heteroatoms. The van der Waals surface area contributed by atoms with Gasteiger partial charge in [0.15, 0.2) is 5.76 Å². The minimum atomic E-state index is -3.66. The molecule has 0 aliphatic carbocycles. The van der Waals surface area contributed by atoms with Crippen molar-refractivity contribution in [3.05, 3.63) is 40.2 Å². The highest BCUT2D eigenvalue weighted by Crippen LogP contribution is 2.26. The maximum atomic E-state index is 12.2. The minimum absolute atomic E-state index is 0.183. The Morgan fingerprint density at radius 1 is 1.33 bits per heavy atom. The summed E-state index contributed by atoms with van der Waals surface area (Å²) in [5.74, 6) is 0.419. The van der Waals surface area contributed by atoms with Crippen molar-refractivity contribution in [3.63, 3.8) is 0 Å². The molecule has 0 aliphatic heterocycles. The molecule has 1 aromatic heterocycles. The number of aryl methyl sites for hydroxylation is 2. The van der Waals surface area contributed by atoms with Crippen LogP contribution in [0, 0.1) is 13.8 Å². The second-order valence-electron chi connectivity index (χ2n) is 3.84. The Kier molecular flexibility index (Phi) is 3.45. The van der Waals surface area contributed by atoms with Gasteiger partial charge in [-0.15, -0.1) is 0 Å². The molecular weight excluding hydrogens is 320 g/mol. The van der Waals surface area contributed by atoms with Crippen molar-refractivity contribution in [2.45, 2.75) is 18.7 Å². The first-order valence-corrected chi connectivity index (χ1v) is 7.38. The van der Waals surface area contributed by atoms with E-state index in [0.717, 1.165) is 5.56 Å². The first kappa shape index (κ1) is 13.1. The summed E-state index contributed by atoms with van der Waals surface area (Å²) in [6.45, 7) is 3.46. The number of hydrogen-bond acceptors (Lipinski definition) is 4. The van der Waals surface area contributed by atoms with Crippen molar-refractivity contribution in [2.75, 3.05) is 4.72 Å². The predicted molar refractivity (Wildman–Crippen MR) is 70.9 cm³/mol. The van der Waals surface area contributed by atoms with Gasteiger partial charge in [-0.1, -0.05) is 11.2 Å². The van der Waals surface area contributed by atoms with E-state index in [4.69, 9.17) is 4.52 Å². The molecule has 0 fully saturated rings. The fraction of sp³-hybridized carbons (Fsp3) is 0.182. The third kappa shape index (κ3) is 2.56. The lowest BCUT2D eigenvalue weighted by atomic mass is 10.2. The van der Waals surface area contributed by atoms with E-state index < -0.39 is 10.0 Å². The van der Waals surface area contributed by atoms with Gasteiger partial charge in [-0.05, 0) is 47.5 Å². The monoisotopic (exact) mass is 330 g/mol. The maximum Gasteiger partial charge on any atom is 0.263 e. The largest absolute Gasteiger partial charge is 0.359 e. The molecule has 2 rings (SSSR count). The van der Waals surface area contributed by atoms with E-state index in [0.29, 0.717) is 15.9 Å². The molecule has 0 unspecified atom stereocenters. The summed E-state index contributed by atoms with van der Waals surface area (Å²) in [5, 5.41) is 3.53. The molecule has 1 heterocycles. The lowest BCUT2D eigenvalue weighted by Gasteiger charge is -2.08. The van der Waals surface area contributed by atoms with Crippen LogP contribution >= 0.6 is 15.9 Å². The van der Waals surface area contributed by atoms with Crippen LogP contribution in [0.15, 0.2) is 38.3 Å². The highest BCUT2D eigenvalue weighted by molar-refractivity contribution is 9.10. The number of aromatic nitrogens is 1. The molecule has 0 saturated heterocycles. The quantitative estimate of drug-likeness (QED) is 0.939. The Hall–Kier alpha value is -1.34. The molecule has 0 bridgehead atoms. The average Bonchev–Trinajstić information content (AvgIpc) is 2.67. The summed E-state index contributed by atoms with van der Waals surface area (Å²) >= 11 is 3.23. The molecule has 0 spiro atoms. The number of benzene rings is 1. The van der Waals surface area contributed by atoms with Gasteiger partial charge in [0.25, 0.3) is 10.0 Å². The molecule has 5 nitrogen and oxygen atoms in total. The predicted octanol–water partition coefficient (Wildman–Crippen LogP) is 2.85. The van der Waals surface area contributed by atoms with Gasteiger partial charge >= 0.3 is 0 Å². The summed E-state index contributed by atoms with van der Waals surface area (Å²) in [6.07, 6.45) is 1.33. The third-order valence-electron chi connectivity index (χ3n) is 2.37. The molecule has 2 aromatic rings. The van der Waals surface area contributed by atoms with E-state index >= 15 is 0 Å². The smallest absolute Gasteiger partial charge is 0.263 e. The van der Waals surface area contributed by atoms with E-state index in [-0.39, 0.29) is 4.90 Å². The summed E-state index contributed by atoms with van der Waals surface area (Å²) in [4.78, 5) is 0.183. The van der Waals surface area contributed by atoms with Gasteiger partial charge in [0.1, 0.15) is 10.6 Å². The highest BCUT2D eigenvalue weighted by atomic mass is 79.9. The van der Waals surface area contributed by atoms with Crippen LogP contribution in [0.5, 0.6) is 0 Å². The van der Waals surface area contributed by atoms with Crippen molar-refractivity contribution >= 4 is 31.6 Å². The third-order valence-corrected chi connectivity index (χ3v) is 4.73. The Morgan fingerprint density at radius 2 is 2.06 bits per heavy atom. The maximum absolute atomic E-state index is 12.2. The van der Waals surface area contributed by atoms with Gasteiger partial charge in [-0.3, -0.25) is 4.72 Å². The van der Waals surface area contributed by atoms with Gasteiger partial charge in [-0.2, -0.15) is 0 Å². The number of hydrogen-bond donors (Lipinski definition) is 1. The van der Waals surface area contributed by atoms with Crippen LogP contribution < -0.4 is 4.72 Å². The molecule has 18 heavy (non-hydrogen) atoms. The van der Waals surface area contributed by atoms with Gasteiger partial charge in [0, 0.05) is 4.47 Å². The van der Waals surface area contributed by atoms with Crippen molar-refractivity contribution < 1.29 is 12.9 Å². The van der Waals surface area contributed by atoms with Crippen molar-refractivity contribution in [2.24, 2.45) is 0 Å². The van der Waals surface area contributed by atoms with Crippen molar-refractivity contribution in [1.29, 1.82) is 0 Å². The molecule has 0 amide bonds. The lowest BCUT2D eigenvalue weighted by Crippen LogP contribution is -2.13. The van der Waals surface area contributed by atoms with Crippen LogP contribution in [0.3, 0.4) is 0 Å². The van der Waals surface area contributed by atoms with E-state index in [9.17, 15) is 8.42 Å². The molecule has 1 N–H and O–H groups in total. The number of anilines is 1. The van der Waals surface area contributed by atoms with E-state index in [1.807, 2.05) is 13.0 Å². The molecular formula is C11H11BrN2O3S. The van der Waals surface area contributed by atoms with Gasteiger partial charge in [0.05, 0.1) is 6.20 Å². The molecule has 0 radical (unpaired) electrons. The Bertz CT molecular complexity index is 679. The Balaban J connectivity index is 2.43. The van der Waals surface area contributed by atoms with Gasteiger partial charge in [-0.25, -0.2) is 8.42 Å². The van der Waals surface area contributed by atoms with Gasteiger partial charge in [0.2, 0.25) is 0 Å². The number of nitrogens with one attached hydrogen (secondary N) is 1. The van der Waals surface area contributed by atoms with Crippen molar-refractivity contribution in [1.82, 2.24) is 5.16 Å². The second-order valence-corrected chi connectivity index (χ2v) is 6.34. The second kappa shape index (κ2) is 4.74. The van der Waals surface area contributed by atoms with Crippen LogP contribution in [0.2, 0.25) is 0 Å².